The van der Waals surface area contributed by atoms with Crippen molar-refractivity contribution in [3.63, 3.8) is 0 Å². The molecule has 0 saturated heterocycles. The zero-order valence-corrected chi connectivity index (χ0v) is 12.6. The maximum absolute atomic E-state index is 6.00. The Kier molecular flexibility index (Phi) is 4.70. The van der Waals surface area contributed by atoms with Gasteiger partial charge in [0.25, 0.3) is 0 Å². The Bertz CT molecular complexity index is 548. The summed E-state index contributed by atoms with van der Waals surface area (Å²) in [6.07, 6.45) is 2.36. The minimum atomic E-state index is 0.443. The van der Waals surface area contributed by atoms with Crippen molar-refractivity contribution < 1.29 is 4.74 Å². The highest BCUT2D eigenvalue weighted by atomic mass is 35.5. The van der Waals surface area contributed by atoms with Gasteiger partial charge >= 0.3 is 0 Å². The molecule has 0 saturated carbocycles. The molecule has 1 aromatic heterocycles. The molecule has 0 radical (unpaired) electrons. The van der Waals surface area contributed by atoms with Crippen molar-refractivity contribution >= 4 is 22.6 Å². The Morgan fingerprint density at radius 2 is 2.16 bits per heavy atom. The van der Waals surface area contributed by atoms with Crippen molar-refractivity contribution in [2.75, 3.05) is 7.11 Å². The summed E-state index contributed by atoms with van der Waals surface area (Å²) in [5.74, 6) is 2.97. The first-order valence-corrected chi connectivity index (χ1v) is 7.28. The van der Waals surface area contributed by atoms with E-state index < -0.39 is 0 Å². The van der Waals surface area contributed by atoms with Gasteiger partial charge in [-0.2, -0.15) is 0 Å². The van der Waals surface area contributed by atoms with Gasteiger partial charge in [-0.3, -0.25) is 0 Å². The third kappa shape index (κ3) is 3.21. The molecule has 1 heterocycles. The van der Waals surface area contributed by atoms with Gasteiger partial charge in [0.1, 0.15) is 11.6 Å². The molecule has 0 aliphatic carbocycles. The topological polar surface area (TPSA) is 27.1 Å². The van der Waals surface area contributed by atoms with E-state index in [0.717, 1.165) is 41.5 Å². The maximum Gasteiger partial charge on any atom is 0.124 e. The summed E-state index contributed by atoms with van der Waals surface area (Å²) in [5, 5.41) is 0. The van der Waals surface area contributed by atoms with Gasteiger partial charge in [0.05, 0.1) is 24.0 Å². The number of halogens is 1. The summed E-state index contributed by atoms with van der Waals surface area (Å²) in [6.45, 7) is 5.46. The number of rotatable bonds is 6. The second kappa shape index (κ2) is 6.29. The number of alkyl halides is 1. The number of hydrogen-bond donors (Lipinski definition) is 0. The fourth-order valence-electron chi connectivity index (χ4n) is 2.29. The number of nitrogens with zero attached hydrogens (tertiary/aromatic N) is 2. The second-order valence-electron chi connectivity index (χ2n) is 5.20. The molecule has 1 aromatic carbocycles. The Hall–Kier alpha value is -1.22. The van der Waals surface area contributed by atoms with Crippen molar-refractivity contribution in [2.24, 2.45) is 5.92 Å². The van der Waals surface area contributed by atoms with E-state index in [-0.39, 0.29) is 0 Å². The van der Waals surface area contributed by atoms with Crippen LogP contribution in [0.25, 0.3) is 11.0 Å². The molecule has 0 bridgehead atoms. The molecule has 2 rings (SSSR count). The van der Waals surface area contributed by atoms with Gasteiger partial charge in [0.2, 0.25) is 0 Å². The molecule has 4 heteroatoms. The normalized spacial score (nSPS) is 11.4. The van der Waals surface area contributed by atoms with Crippen LogP contribution in [0.5, 0.6) is 5.75 Å². The Balaban J connectivity index is 2.32. The third-order valence-corrected chi connectivity index (χ3v) is 3.56. The highest BCUT2D eigenvalue weighted by Crippen LogP contribution is 2.23. The van der Waals surface area contributed by atoms with Gasteiger partial charge in [-0.05, 0) is 30.9 Å². The first-order chi connectivity index (χ1) is 9.15. The molecule has 0 unspecified atom stereocenters. The summed E-state index contributed by atoms with van der Waals surface area (Å²) in [4.78, 5) is 4.58. The van der Waals surface area contributed by atoms with E-state index in [1.807, 2.05) is 18.2 Å². The summed E-state index contributed by atoms with van der Waals surface area (Å²) in [5.41, 5.74) is 2.10. The Labute approximate surface area is 119 Å². The van der Waals surface area contributed by atoms with Crippen LogP contribution in [0, 0.1) is 5.92 Å². The molecule has 2 aromatic rings. The first kappa shape index (κ1) is 14.2. The van der Waals surface area contributed by atoms with Crippen LogP contribution in [0.3, 0.4) is 0 Å². The Morgan fingerprint density at radius 3 is 2.79 bits per heavy atom. The quantitative estimate of drug-likeness (QED) is 0.741. The predicted molar refractivity (Wildman–Crippen MR) is 79.9 cm³/mol. The number of aryl methyl sites for hydroxylation is 1. The molecule has 104 valence electrons. The van der Waals surface area contributed by atoms with E-state index in [0.29, 0.717) is 5.88 Å². The fourth-order valence-corrected chi connectivity index (χ4v) is 2.49. The molecule has 0 N–H and O–H groups in total. The van der Waals surface area contributed by atoms with Gasteiger partial charge in [-0.25, -0.2) is 4.98 Å². The molecular formula is C15H21ClN2O. The number of hydrogen-bond acceptors (Lipinski definition) is 2. The van der Waals surface area contributed by atoms with Gasteiger partial charge in [0.15, 0.2) is 0 Å². The number of methoxy groups -OCH3 is 1. The molecule has 0 atom stereocenters. The van der Waals surface area contributed by atoms with Crippen molar-refractivity contribution in [1.82, 2.24) is 9.55 Å². The summed E-state index contributed by atoms with van der Waals surface area (Å²) in [7, 11) is 1.68. The standard InChI is InChI=1S/C15H21ClN2O/c1-11(2)5-4-8-18-14-9-12(19-3)6-7-13(14)17-15(18)10-16/h6-7,9,11H,4-5,8,10H2,1-3H3. The van der Waals surface area contributed by atoms with E-state index in [9.17, 15) is 0 Å². The van der Waals surface area contributed by atoms with Gasteiger partial charge in [-0.1, -0.05) is 13.8 Å². The fraction of sp³-hybridized carbons (Fsp3) is 0.533. The summed E-state index contributed by atoms with van der Waals surface area (Å²) >= 11 is 6.00. The SMILES string of the molecule is COc1ccc2nc(CCl)n(CCCC(C)C)c2c1. The van der Waals surface area contributed by atoms with E-state index >= 15 is 0 Å². The average molecular weight is 281 g/mol. The van der Waals surface area contributed by atoms with Crippen LogP contribution in [0.1, 0.15) is 32.5 Å². The molecule has 19 heavy (non-hydrogen) atoms. The second-order valence-corrected chi connectivity index (χ2v) is 5.47. The molecule has 0 amide bonds. The largest absolute Gasteiger partial charge is 0.497 e. The van der Waals surface area contributed by atoms with E-state index in [2.05, 4.69) is 23.4 Å². The van der Waals surface area contributed by atoms with Crippen LogP contribution < -0.4 is 4.74 Å². The lowest BCUT2D eigenvalue weighted by atomic mass is 10.1. The number of aromatic nitrogens is 2. The van der Waals surface area contributed by atoms with Crippen LogP contribution in [0.15, 0.2) is 18.2 Å². The highest BCUT2D eigenvalue weighted by Gasteiger charge is 2.10. The number of fused-ring (bicyclic) bond motifs is 1. The number of benzene rings is 1. The zero-order valence-electron chi connectivity index (χ0n) is 11.8. The van der Waals surface area contributed by atoms with Crippen molar-refractivity contribution in [2.45, 2.75) is 39.1 Å². The van der Waals surface area contributed by atoms with Gasteiger partial charge in [-0.15, -0.1) is 11.6 Å². The minimum Gasteiger partial charge on any atom is -0.497 e. The summed E-state index contributed by atoms with van der Waals surface area (Å²) in [6, 6.07) is 5.96. The van der Waals surface area contributed by atoms with Crippen LogP contribution in [-0.4, -0.2) is 16.7 Å². The lowest BCUT2D eigenvalue weighted by Gasteiger charge is -2.09. The average Bonchev–Trinajstić information content (AvgIpc) is 2.75. The van der Waals surface area contributed by atoms with Crippen LogP contribution >= 0.6 is 11.6 Å². The van der Waals surface area contributed by atoms with E-state index in [1.165, 1.54) is 6.42 Å². The maximum atomic E-state index is 6.00. The molecular weight excluding hydrogens is 260 g/mol. The van der Waals surface area contributed by atoms with Crippen molar-refractivity contribution in [3.05, 3.63) is 24.0 Å². The lowest BCUT2D eigenvalue weighted by molar-refractivity contribution is 0.415. The number of imidazole rings is 1. The van der Waals surface area contributed by atoms with Crippen LogP contribution in [0.4, 0.5) is 0 Å². The molecule has 0 spiro atoms. The smallest absolute Gasteiger partial charge is 0.124 e. The van der Waals surface area contributed by atoms with E-state index in [4.69, 9.17) is 16.3 Å². The molecule has 0 fully saturated rings. The van der Waals surface area contributed by atoms with Crippen LogP contribution in [0.2, 0.25) is 0 Å². The minimum absolute atomic E-state index is 0.443. The van der Waals surface area contributed by atoms with Crippen molar-refractivity contribution in [3.8, 4) is 5.75 Å². The Morgan fingerprint density at radius 1 is 1.37 bits per heavy atom. The predicted octanol–water partition coefficient (Wildman–Crippen LogP) is 4.22. The highest BCUT2D eigenvalue weighted by molar-refractivity contribution is 6.16. The summed E-state index contributed by atoms with van der Waals surface area (Å²) < 4.78 is 7.50. The molecule has 0 aliphatic rings. The van der Waals surface area contributed by atoms with Crippen molar-refractivity contribution in [1.29, 1.82) is 0 Å². The first-order valence-electron chi connectivity index (χ1n) is 6.74. The monoisotopic (exact) mass is 280 g/mol. The van der Waals surface area contributed by atoms with Gasteiger partial charge in [0, 0.05) is 12.6 Å². The number of ether oxygens (including phenoxy) is 1. The lowest BCUT2D eigenvalue weighted by Crippen LogP contribution is -2.03. The van der Waals surface area contributed by atoms with Crippen LogP contribution in [-0.2, 0) is 12.4 Å². The zero-order chi connectivity index (χ0) is 13.8. The van der Waals surface area contributed by atoms with Gasteiger partial charge < -0.3 is 9.30 Å². The van der Waals surface area contributed by atoms with E-state index in [1.54, 1.807) is 7.11 Å². The molecule has 3 nitrogen and oxygen atoms in total. The molecule has 0 aliphatic heterocycles. The third-order valence-electron chi connectivity index (χ3n) is 3.32.